The second-order valence-corrected chi connectivity index (χ2v) is 5.52. The van der Waals surface area contributed by atoms with Crippen LogP contribution in [0.4, 0.5) is 0 Å². The molecule has 1 aliphatic heterocycles. The van der Waals surface area contributed by atoms with Gasteiger partial charge in [0.2, 0.25) is 0 Å². The lowest BCUT2D eigenvalue weighted by Gasteiger charge is -2.31. The lowest BCUT2D eigenvalue weighted by atomic mass is 10.0. The molecule has 19 heavy (non-hydrogen) atoms. The van der Waals surface area contributed by atoms with Crippen LogP contribution in [-0.2, 0) is 6.54 Å². The highest BCUT2D eigenvalue weighted by atomic mass is 15.1. The molecule has 1 N–H and O–H groups in total. The van der Waals surface area contributed by atoms with Gasteiger partial charge in [-0.3, -0.25) is 4.90 Å². The quantitative estimate of drug-likeness (QED) is 0.905. The van der Waals surface area contributed by atoms with Crippen molar-refractivity contribution in [1.29, 1.82) is 0 Å². The number of rotatable bonds is 3. The van der Waals surface area contributed by atoms with Crippen molar-refractivity contribution in [2.24, 2.45) is 0 Å². The summed E-state index contributed by atoms with van der Waals surface area (Å²) in [5.74, 6) is 0. The summed E-state index contributed by atoms with van der Waals surface area (Å²) in [4.78, 5) is 2.57. The second-order valence-electron chi connectivity index (χ2n) is 5.52. The van der Waals surface area contributed by atoms with E-state index in [0.29, 0.717) is 6.04 Å². The van der Waals surface area contributed by atoms with E-state index in [-0.39, 0.29) is 0 Å². The van der Waals surface area contributed by atoms with Gasteiger partial charge >= 0.3 is 0 Å². The molecule has 0 radical (unpaired) electrons. The molecular weight excluding hydrogens is 232 g/mol. The average Bonchev–Trinajstić information content (AvgIpc) is 2.48. The van der Waals surface area contributed by atoms with Gasteiger partial charge in [0, 0.05) is 12.6 Å². The Morgan fingerprint density at radius 1 is 1.05 bits per heavy atom. The van der Waals surface area contributed by atoms with Crippen molar-refractivity contribution < 1.29 is 0 Å². The zero-order valence-electron chi connectivity index (χ0n) is 11.6. The molecule has 0 unspecified atom stereocenters. The third-order valence-electron chi connectivity index (χ3n) is 4.22. The summed E-state index contributed by atoms with van der Waals surface area (Å²) in [5.41, 5.74) is 1.43. The minimum absolute atomic E-state index is 0.716. The van der Waals surface area contributed by atoms with E-state index in [2.05, 4.69) is 59.7 Å². The maximum Gasteiger partial charge on any atom is 0.0233 e. The highest BCUT2D eigenvalue weighted by molar-refractivity contribution is 5.82. The number of nitrogens with zero attached hydrogens (tertiary/aromatic N) is 1. The molecule has 2 nitrogen and oxygen atoms in total. The molecule has 1 heterocycles. The van der Waals surface area contributed by atoms with Crippen LogP contribution < -0.4 is 5.32 Å². The van der Waals surface area contributed by atoms with Crippen LogP contribution in [0.5, 0.6) is 0 Å². The zero-order valence-corrected chi connectivity index (χ0v) is 11.6. The van der Waals surface area contributed by atoms with Crippen molar-refractivity contribution >= 4 is 10.8 Å². The molecule has 0 saturated carbocycles. The van der Waals surface area contributed by atoms with E-state index < -0.39 is 0 Å². The van der Waals surface area contributed by atoms with E-state index in [1.807, 2.05) is 0 Å². The molecule has 0 amide bonds. The summed E-state index contributed by atoms with van der Waals surface area (Å²) in [6.07, 6.45) is 2.54. The lowest BCUT2D eigenvalue weighted by Crippen LogP contribution is -2.40. The molecule has 0 aromatic heterocycles. The summed E-state index contributed by atoms with van der Waals surface area (Å²) >= 11 is 0. The number of hydrogen-bond donors (Lipinski definition) is 1. The van der Waals surface area contributed by atoms with Crippen LogP contribution in [0.3, 0.4) is 0 Å². The van der Waals surface area contributed by atoms with Crippen LogP contribution in [-0.4, -0.2) is 31.1 Å². The third kappa shape index (κ3) is 2.96. The van der Waals surface area contributed by atoms with Gasteiger partial charge in [0.05, 0.1) is 0 Å². The van der Waals surface area contributed by atoms with Crippen LogP contribution in [0, 0.1) is 0 Å². The van der Waals surface area contributed by atoms with Gasteiger partial charge in [-0.05, 0) is 55.4 Å². The molecule has 2 aromatic carbocycles. The predicted molar refractivity (Wildman–Crippen MR) is 81.3 cm³/mol. The highest BCUT2D eigenvalue weighted by Gasteiger charge is 2.17. The van der Waals surface area contributed by atoms with Gasteiger partial charge in [-0.25, -0.2) is 0 Å². The summed E-state index contributed by atoms with van der Waals surface area (Å²) < 4.78 is 0. The van der Waals surface area contributed by atoms with Gasteiger partial charge in [-0.15, -0.1) is 0 Å². The number of fused-ring (bicyclic) bond motifs is 1. The average molecular weight is 254 g/mol. The fourth-order valence-electron chi connectivity index (χ4n) is 2.98. The molecule has 0 spiro atoms. The summed E-state index contributed by atoms with van der Waals surface area (Å²) in [6, 6.07) is 16.2. The number of benzene rings is 2. The zero-order chi connectivity index (χ0) is 13.1. The predicted octanol–water partition coefficient (Wildman–Crippen LogP) is 3.02. The first-order valence-electron chi connectivity index (χ1n) is 7.22. The second kappa shape index (κ2) is 5.72. The molecule has 1 fully saturated rings. The Morgan fingerprint density at radius 2 is 1.79 bits per heavy atom. The van der Waals surface area contributed by atoms with E-state index in [9.17, 15) is 0 Å². The third-order valence-corrected chi connectivity index (χ3v) is 4.22. The largest absolute Gasteiger partial charge is 0.317 e. The van der Waals surface area contributed by atoms with Crippen molar-refractivity contribution in [2.45, 2.75) is 25.4 Å². The monoisotopic (exact) mass is 254 g/mol. The Morgan fingerprint density at radius 3 is 2.53 bits per heavy atom. The van der Waals surface area contributed by atoms with Crippen LogP contribution in [0.15, 0.2) is 42.5 Å². The Kier molecular flexibility index (Phi) is 3.81. The molecule has 0 atom stereocenters. The standard InChI is InChI=1S/C17H22N2/c1-18-17-8-10-19(11-9-17)13-14-6-7-15-4-2-3-5-16(15)12-14/h2-7,12,17-18H,8-11,13H2,1H3. The molecular formula is C17H22N2. The number of hydrogen-bond acceptors (Lipinski definition) is 2. The molecule has 3 rings (SSSR count). The van der Waals surface area contributed by atoms with Crippen LogP contribution in [0.25, 0.3) is 10.8 Å². The van der Waals surface area contributed by atoms with Crippen molar-refractivity contribution in [3.05, 3.63) is 48.0 Å². The van der Waals surface area contributed by atoms with Gasteiger partial charge in [0.1, 0.15) is 0 Å². The van der Waals surface area contributed by atoms with Crippen molar-refractivity contribution in [1.82, 2.24) is 10.2 Å². The van der Waals surface area contributed by atoms with E-state index in [4.69, 9.17) is 0 Å². The van der Waals surface area contributed by atoms with Crippen molar-refractivity contribution in [2.75, 3.05) is 20.1 Å². The minimum atomic E-state index is 0.716. The van der Waals surface area contributed by atoms with E-state index in [0.717, 1.165) is 6.54 Å². The maximum absolute atomic E-state index is 3.39. The van der Waals surface area contributed by atoms with Gasteiger partial charge in [0.25, 0.3) is 0 Å². The fraction of sp³-hybridized carbons (Fsp3) is 0.412. The fourth-order valence-corrected chi connectivity index (χ4v) is 2.98. The smallest absolute Gasteiger partial charge is 0.0233 e. The minimum Gasteiger partial charge on any atom is -0.317 e. The van der Waals surface area contributed by atoms with Crippen LogP contribution in [0.1, 0.15) is 18.4 Å². The normalized spacial score (nSPS) is 17.9. The molecule has 1 saturated heterocycles. The van der Waals surface area contributed by atoms with Gasteiger partial charge in [-0.1, -0.05) is 36.4 Å². The molecule has 0 bridgehead atoms. The van der Waals surface area contributed by atoms with Crippen molar-refractivity contribution in [3.8, 4) is 0 Å². The van der Waals surface area contributed by atoms with Crippen LogP contribution in [0.2, 0.25) is 0 Å². The molecule has 2 heteroatoms. The SMILES string of the molecule is CNC1CCN(Cc2ccc3ccccc3c2)CC1. The first-order chi connectivity index (χ1) is 9.35. The number of piperidine rings is 1. The van der Waals surface area contributed by atoms with Crippen molar-refractivity contribution in [3.63, 3.8) is 0 Å². The van der Waals surface area contributed by atoms with E-state index in [1.54, 1.807) is 0 Å². The Balaban J connectivity index is 1.68. The molecule has 0 aliphatic carbocycles. The lowest BCUT2D eigenvalue weighted by molar-refractivity contribution is 0.194. The van der Waals surface area contributed by atoms with Gasteiger partial charge in [-0.2, -0.15) is 0 Å². The Bertz CT molecular complexity index is 542. The maximum atomic E-state index is 3.39. The Hall–Kier alpha value is -1.38. The molecule has 2 aromatic rings. The molecule has 1 aliphatic rings. The molecule has 100 valence electrons. The number of likely N-dealkylation sites (tertiary alicyclic amines) is 1. The van der Waals surface area contributed by atoms with E-state index in [1.165, 1.54) is 42.3 Å². The Labute approximate surface area is 115 Å². The summed E-state index contributed by atoms with van der Waals surface area (Å²) in [6.45, 7) is 3.50. The topological polar surface area (TPSA) is 15.3 Å². The van der Waals surface area contributed by atoms with Gasteiger partial charge in [0.15, 0.2) is 0 Å². The van der Waals surface area contributed by atoms with Crippen LogP contribution >= 0.6 is 0 Å². The summed E-state index contributed by atoms with van der Waals surface area (Å²) in [5, 5.41) is 6.07. The van der Waals surface area contributed by atoms with Gasteiger partial charge < -0.3 is 5.32 Å². The highest BCUT2D eigenvalue weighted by Crippen LogP contribution is 2.18. The summed E-state index contributed by atoms with van der Waals surface area (Å²) in [7, 11) is 2.07. The van der Waals surface area contributed by atoms with E-state index >= 15 is 0 Å². The first-order valence-corrected chi connectivity index (χ1v) is 7.22. The number of nitrogens with one attached hydrogen (secondary N) is 1. The first kappa shape index (κ1) is 12.6.